The van der Waals surface area contributed by atoms with E-state index < -0.39 is 0 Å². The monoisotopic (exact) mass is 343 g/mol. The molecule has 4 nitrogen and oxygen atoms in total. The number of aromatic nitrogens is 1. The van der Waals surface area contributed by atoms with Gasteiger partial charge in [0.1, 0.15) is 5.82 Å². The maximum atomic E-state index is 12.5. The first kappa shape index (κ1) is 16.3. The third kappa shape index (κ3) is 3.45. The Hall–Kier alpha value is -3.14. The van der Waals surface area contributed by atoms with Gasteiger partial charge in [0.15, 0.2) is 0 Å². The highest BCUT2D eigenvalue weighted by atomic mass is 16.1. The van der Waals surface area contributed by atoms with Gasteiger partial charge >= 0.3 is 0 Å². The minimum absolute atomic E-state index is 0.0229. The van der Waals surface area contributed by atoms with E-state index >= 15 is 0 Å². The Morgan fingerprint density at radius 1 is 0.923 bits per heavy atom. The topological polar surface area (TPSA) is 45.2 Å². The molecule has 1 N–H and O–H groups in total. The molecule has 1 fully saturated rings. The molecule has 0 saturated carbocycles. The Morgan fingerprint density at radius 2 is 1.62 bits per heavy atom. The maximum absolute atomic E-state index is 12.5. The second kappa shape index (κ2) is 7.40. The molecule has 0 bridgehead atoms. The summed E-state index contributed by atoms with van der Waals surface area (Å²) < 4.78 is 0. The first-order chi connectivity index (χ1) is 12.8. The van der Waals surface area contributed by atoms with E-state index in [1.54, 1.807) is 0 Å². The Balaban J connectivity index is 1.56. The summed E-state index contributed by atoms with van der Waals surface area (Å²) in [5.41, 5.74) is 1.94. The maximum Gasteiger partial charge on any atom is 0.251 e. The van der Waals surface area contributed by atoms with Crippen molar-refractivity contribution < 1.29 is 4.79 Å². The van der Waals surface area contributed by atoms with Crippen LogP contribution in [-0.4, -0.2) is 23.5 Å². The molecule has 1 aliphatic rings. The highest BCUT2D eigenvalue weighted by Gasteiger charge is 2.34. The summed E-state index contributed by atoms with van der Waals surface area (Å²) >= 11 is 0. The van der Waals surface area contributed by atoms with Crippen LogP contribution in [0.15, 0.2) is 85.1 Å². The van der Waals surface area contributed by atoms with Crippen LogP contribution in [0.3, 0.4) is 0 Å². The third-order valence-corrected chi connectivity index (χ3v) is 4.80. The summed E-state index contributed by atoms with van der Waals surface area (Å²) in [6, 6.07) is 26.0. The Bertz CT molecular complexity index is 805. The number of carbonyl (C=O) groups excluding carboxylic acids is 1. The van der Waals surface area contributed by atoms with Crippen molar-refractivity contribution in [2.24, 2.45) is 0 Å². The van der Waals surface area contributed by atoms with Crippen LogP contribution in [0.5, 0.6) is 0 Å². The first-order valence-corrected chi connectivity index (χ1v) is 8.90. The van der Waals surface area contributed by atoms with E-state index in [-0.39, 0.29) is 18.0 Å². The van der Waals surface area contributed by atoms with Crippen molar-refractivity contribution in [3.8, 4) is 0 Å². The summed E-state index contributed by atoms with van der Waals surface area (Å²) in [5.74, 6) is 0.920. The fourth-order valence-electron chi connectivity index (χ4n) is 3.57. The molecular weight excluding hydrogens is 322 g/mol. The van der Waals surface area contributed by atoms with Crippen molar-refractivity contribution in [3.63, 3.8) is 0 Å². The van der Waals surface area contributed by atoms with Gasteiger partial charge in [-0.3, -0.25) is 4.79 Å². The number of nitrogens with one attached hydrogen (secondary N) is 1. The van der Waals surface area contributed by atoms with E-state index in [2.05, 4.69) is 39.5 Å². The number of hydrogen-bond donors (Lipinski definition) is 1. The molecule has 0 spiro atoms. The molecular formula is C22H21N3O. The second-order valence-electron chi connectivity index (χ2n) is 6.54. The number of rotatable bonds is 4. The molecule has 0 unspecified atom stereocenters. The Kier molecular flexibility index (Phi) is 4.65. The zero-order chi connectivity index (χ0) is 17.8. The number of anilines is 1. The highest BCUT2D eigenvalue weighted by Crippen LogP contribution is 2.35. The molecule has 2 aromatic carbocycles. The third-order valence-electron chi connectivity index (χ3n) is 4.80. The Labute approximate surface area is 153 Å². The fourth-order valence-corrected chi connectivity index (χ4v) is 3.57. The van der Waals surface area contributed by atoms with Crippen molar-refractivity contribution >= 4 is 11.7 Å². The van der Waals surface area contributed by atoms with E-state index in [9.17, 15) is 4.79 Å². The molecule has 0 radical (unpaired) electrons. The lowest BCUT2D eigenvalue weighted by atomic mass is 10.0. The van der Waals surface area contributed by atoms with Gasteiger partial charge in [-0.25, -0.2) is 4.98 Å². The van der Waals surface area contributed by atoms with Gasteiger partial charge in [-0.1, -0.05) is 54.6 Å². The van der Waals surface area contributed by atoms with Gasteiger partial charge in [-0.15, -0.1) is 0 Å². The molecule has 0 aliphatic carbocycles. The van der Waals surface area contributed by atoms with Crippen LogP contribution in [0, 0.1) is 0 Å². The van der Waals surface area contributed by atoms with Gasteiger partial charge in [0.25, 0.3) is 5.91 Å². The van der Waals surface area contributed by atoms with Crippen molar-refractivity contribution in [2.45, 2.75) is 18.5 Å². The van der Waals surface area contributed by atoms with Crippen LogP contribution in [0.2, 0.25) is 0 Å². The van der Waals surface area contributed by atoms with Crippen molar-refractivity contribution in [2.75, 3.05) is 11.4 Å². The van der Waals surface area contributed by atoms with Crippen molar-refractivity contribution in [3.05, 3.63) is 96.2 Å². The summed E-state index contributed by atoms with van der Waals surface area (Å²) in [7, 11) is 0. The number of pyridine rings is 1. The van der Waals surface area contributed by atoms with Gasteiger partial charge in [0, 0.05) is 24.3 Å². The van der Waals surface area contributed by atoms with Gasteiger partial charge in [-0.05, 0) is 36.2 Å². The quantitative estimate of drug-likeness (QED) is 0.783. The smallest absolute Gasteiger partial charge is 0.251 e. The van der Waals surface area contributed by atoms with Crippen molar-refractivity contribution in [1.29, 1.82) is 0 Å². The van der Waals surface area contributed by atoms with E-state index in [0.29, 0.717) is 5.56 Å². The minimum atomic E-state index is -0.0229. The number of carbonyl (C=O) groups is 1. The molecule has 1 amide bonds. The van der Waals surface area contributed by atoms with E-state index in [1.807, 2.05) is 60.8 Å². The first-order valence-electron chi connectivity index (χ1n) is 8.90. The molecule has 2 atom stereocenters. The fraction of sp³-hybridized carbons (Fsp3) is 0.182. The van der Waals surface area contributed by atoms with Crippen LogP contribution >= 0.6 is 0 Å². The average molecular weight is 343 g/mol. The van der Waals surface area contributed by atoms with Gasteiger partial charge in [-0.2, -0.15) is 0 Å². The number of amides is 1. The normalized spacial score (nSPS) is 19.3. The van der Waals surface area contributed by atoms with Crippen molar-refractivity contribution in [1.82, 2.24) is 10.3 Å². The van der Waals surface area contributed by atoms with Crippen LogP contribution in [0.25, 0.3) is 0 Å². The molecule has 3 aromatic rings. The van der Waals surface area contributed by atoms with E-state index in [4.69, 9.17) is 0 Å². The summed E-state index contributed by atoms with van der Waals surface area (Å²) in [5, 5.41) is 3.19. The predicted octanol–water partition coefficient (Wildman–Crippen LogP) is 3.83. The number of nitrogens with zero attached hydrogens (tertiary/aromatic N) is 2. The van der Waals surface area contributed by atoms with Crippen LogP contribution in [-0.2, 0) is 0 Å². The number of hydrogen-bond acceptors (Lipinski definition) is 3. The standard InChI is InChI=1S/C22H21N3O/c26-22(18-11-5-2-6-12-18)24-19-15-20(17-9-3-1-4-10-17)25(16-19)21-13-7-8-14-23-21/h1-14,19-20H,15-16H2,(H,24,26)/t19-,20-/m1/s1. The molecule has 4 heteroatoms. The van der Waals surface area contributed by atoms with Crippen LogP contribution in [0.4, 0.5) is 5.82 Å². The highest BCUT2D eigenvalue weighted by molar-refractivity contribution is 5.94. The summed E-state index contributed by atoms with van der Waals surface area (Å²) in [6.07, 6.45) is 2.67. The SMILES string of the molecule is O=C(N[C@@H]1C[C@H](c2ccccc2)N(c2ccccn2)C1)c1ccccc1. The molecule has 4 rings (SSSR count). The summed E-state index contributed by atoms with van der Waals surface area (Å²) in [4.78, 5) is 19.3. The predicted molar refractivity (Wildman–Crippen MR) is 103 cm³/mol. The number of benzene rings is 2. The minimum Gasteiger partial charge on any atom is -0.347 e. The lowest BCUT2D eigenvalue weighted by Gasteiger charge is -2.25. The van der Waals surface area contributed by atoms with Gasteiger partial charge < -0.3 is 10.2 Å². The molecule has 130 valence electrons. The summed E-state index contributed by atoms with van der Waals surface area (Å²) in [6.45, 7) is 0.745. The molecule has 2 heterocycles. The molecule has 1 aliphatic heterocycles. The van der Waals surface area contributed by atoms with Gasteiger partial charge in [0.2, 0.25) is 0 Å². The largest absolute Gasteiger partial charge is 0.347 e. The van der Waals surface area contributed by atoms with E-state index in [0.717, 1.165) is 18.8 Å². The Morgan fingerprint density at radius 3 is 2.31 bits per heavy atom. The average Bonchev–Trinajstić information content (AvgIpc) is 3.14. The zero-order valence-corrected chi connectivity index (χ0v) is 14.5. The molecule has 26 heavy (non-hydrogen) atoms. The molecule has 1 saturated heterocycles. The van der Waals surface area contributed by atoms with Crippen LogP contribution in [0.1, 0.15) is 28.4 Å². The van der Waals surface area contributed by atoms with Gasteiger partial charge in [0.05, 0.1) is 6.04 Å². The lowest BCUT2D eigenvalue weighted by Crippen LogP contribution is -2.37. The van der Waals surface area contributed by atoms with E-state index in [1.165, 1.54) is 5.56 Å². The van der Waals surface area contributed by atoms with Crippen LogP contribution < -0.4 is 10.2 Å². The second-order valence-corrected chi connectivity index (χ2v) is 6.54. The lowest BCUT2D eigenvalue weighted by molar-refractivity contribution is 0.0940. The zero-order valence-electron chi connectivity index (χ0n) is 14.5. The molecule has 1 aromatic heterocycles.